The predicted octanol–water partition coefficient (Wildman–Crippen LogP) is 5.23. The SMILES string of the molecule is CCOC(=O)/C=C1/C[C@H](C(F)(F)F)C=C(c2cccc3ccccc23)O1. The molecule has 26 heavy (non-hydrogen) atoms. The van der Waals surface area contributed by atoms with E-state index in [-0.39, 0.29) is 18.1 Å². The minimum atomic E-state index is -4.44. The molecule has 6 heteroatoms. The number of allylic oxidation sites excluding steroid dienone is 2. The Balaban J connectivity index is 2.06. The Hall–Kier alpha value is -2.76. The third kappa shape index (κ3) is 3.90. The molecule has 3 nitrogen and oxygen atoms in total. The van der Waals surface area contributed by atoms with Crippen molar-refractivity contribution >= 4 is 22.5 Å². The monoisotopic (exact) mass is 362 g/mol. The van der Waals surface area contributed by atoms with Crippen molar-refractivity contribution in [1.82, 2.24) is 0 Å². The molecule has 0 amide bonds. The Morgan fingerprint density at radius 3 is 2.69 bits per heavy atom. The standard InChI is InChI=1S/C20H17F3O3/c1-2-25-19(24)12-15-10-14(20(21,22)23)11-18(26-15)17-9-5-7-13-6-3-4-8-16(13)17/h3-9,11-12,14H,2,10H2,1H3/b15-12-/t14-/m0/s1. The number of esters is 1. The first-order chi connectivity index (χ1) is 12.4. The van der Waals surface area contributed by atoms with E-state index in [4.69, 9.17) is 9.47 Å². The zero-order valence-corrected chi connectivity index (χ0v) is 14.0. The Morgan fingerprint density at radius 2 is 1.96 bits per heavy atom. The molecule has 1 aliphatic rings. The minimum Gasteiger partial charge on any atom is -0.463 e. The highest BCUT2D eigenvalue weighted by Gasteiger charge is 2.41. The molecule has 0 saturated heterocycles. The maximum Gasteiger partial charge on any atom is 0.395 e. The molecule has 0 aromatic heterocycles. The third-order valence-electron chi connectivity index (χ3n) is 4.06. The van der Waals surface area contributed by atoms with Gasteiger partial charge in [-0.25, -0.2) is 4.79 Å². The van der Waals surface area contributed by atoms with Crippen LogP contribution < -0.4 is 0 Å². The highest BCUT2D eigenvalue weighted by atomic mass is 19.4. The average Bonchev–Trinajstić information content (AvgIpc) is 2.60. The van der Waals surface area contributed by atoms with E-state index in [1.807, 2.05) is 30.3 Å². The second-order valence-corrected chi connectivity index (χ2v) is 5.87. The number of halogens is 3. The summed E-state index contributed by atoms with van der Waals surface area (Å²) in [7, 11) is 0. The molecule has 0 spiro atoms. The van der Waals surface area contributed by atoms with Gasteiger partial charge in [0, 0.05) is 12.0 Å². The van der Waals surface area contributed by atoms with Crippen LogP contribution in [0.5, 0.6) is 0 Å². The smallest absolute Gasteiger partial charge is 0.395 e. The molecule has 2 aromatic rings. The Bertz CT molecular complexity index is 876. The van der Waals surface area contributed by atoms with Crippen molar-refractivity contribution < 1.29 is 27.4 Å². The van der Waals surface area contributed by atoms with E-state index in [1.165, 1.54) is 0 Å². The zero-order chi connectivity index (χ0) is 18.7. The molecule has 0 bridgehead atoms. The van der Waals surface area contributed by atoms with E-state index in [9.17, 15) is 18.0 Å². The number of rotatable bonds is 3. The fourth-order valence-electron chi connectivity index (χ4n) is 2.87. The van der Waals surface area contributed by atoms with Gasteiger partial charge in [-0.1, -0.05) is 42.5 Å². The lowest BCUT2D eigenvalue weighted by molar-refractivity contribution is -0.163. The second kappa shape index (κ2) is 7.23. The third-order valence-corrected chi connectivity index (χ3v) is 4.06. The minimum absolute atomic E-state index is 0.0591. The number of ether oxygens (including phenoxy) is 2. The molecule has 136 valence electrons. The van der Waals surface area contributed by atoms with E-state index in [2.05, 4.69) is 0 Å². The molecule has 3 rings (SSSR count). The summed E-state index contributed by atoms with van der Waals surface area (Å²) in [6.45, 7) is 1.76. The summed E-state index contributed by atoms with van der Waals surface area (Å²) in [4.78, 5) is 11.6. The van der Waals surface area contributed by atoms with Gasteiger partial charge in [-0.15, -0.1) is 0 Å². The molecule has 0 N–H and O–H groups in total. The van der Waals surface area contributed by atoms with Gasteiger partial charge in [-0.2, -0.15) is 13.2 Å². The van der Waals surface area contributed by atoms with Gasteiger partial charge in [0.1, 0.15) is 11.5 Å². The zero-order valence-electron chi connectivity index (χ0n) is 14.0. The van der Waals surface area contributed by atoms with Crippen molar-refractivity contribution in [2.24, 2.45) is 5.92 Å². The van der Waals surface area contributed by atoms with E-state index in [0.717, 1.165) is 22.9 Å². The average molecular weight is 362 g/mol. The lowest BCUT2D eigenvalue weighted by Crippen LogP contribution is -2.25. The normalized spacial score (nSPS) is 19.2. The molecule has 0 aliphatic carbocycles. The van der Waals surface area contributed by atoms with Crippen LogP contribution in [0.25, 0.3) is 16.5 Å². The number of benzene rings is 2. The van der Waals surface area contributed by atoms with Gasteiger partial charge in [0.25, 0.3) is 0 Å². The number of hydrogen-bond donors (Lipinski definition) is 0. The van der Waals surface area contributed by atoms with Gasteiger partial charge in [-0.3, -0.25) is 0 Å². The van der Waals surface area contributed by atoms with E-state index in [0.29, 0.717) is 5.56 Å². The van der Waals surface area contributed by atoms with Gasteiger partial charge in [0.05, 0.1) is 18.6 Å². The molecule has 2 aromatic carbocycles. The summed E-state index contributed by atoms with van der Waals surface area (Å²) in [6.07, 6.45) is -2.81. The fraction of sp³-hybridized carbons (Fsp3) is 0.250. The molecular formula is C20H17F3O3. The molecule has 1 atom stereocenters. The maximum absolute atomic E-state index is 13.4. The van der Waals surface area contributed by atoms with Crippen molar-refractivity contribution in [1.29, 1.82) is 0 Å². The number of hydrogen-bond acceptors (Lipinski definition) is 3. The molecule has 1 heterocycles. The lowest BCUT2D eigenvalue weighted by atomic mass is 9.95. The summed E-state index contributed by atoms with van der Waals surface area (Å²) >= 11 is 0. The first-order valence-electron chi connectivity index (χ1n) is 8.20. The summed E-state index contributed by atoms with van der Waals surface area (Å²) in [5.74, 6) is -2.42. The van der Waals surface area contributed by atoms with Gasteiger partial charge in [-0.05, 0) is 23.8 Å². The molecular weight excluding hydrogens is 345 g/mol. The second-order valence-electron chi connectivity index (χ2n) is 5.87. The van der Waals surface area contributed by atoms with E-state index in [1.54, 1.807) is 19.1 Å². The summed E-state index contributed by atoms with van der Waals surface area (Å²) in [6, 6.07) is 12.7. The molecule has 0 radical (unpaired) electrons. The van der Waals surface area contributed by atoms with Crippen LogP contribution in [0.4, 0.5) is 13.2 Å². The number of carbonyl (C=O) groups excluding carboxylic acids is 1. The van der Waals surface area contributed by atoms with Gasteiger partial charge in [0.2, 0.25) is 0 Å². The summed E-state index contributed by atoms with van der Waals surface area (Å²) in [5.41, 5.74) is 0.548. The summed E-state index contributed by atoms with van der Waals surface area (Å²) < 4.78 is 50.5. The number of fused-ring (bicyclic) bond motifs is 1. The first kappa shape index (κ1) is 18.0. The maximum atomic E-state index is 13.4. The summed E-state index contributed by atoms with van der Waals surface area (Å²) in [5, 5.41) is 1.67. The Morgan fingerprint density at radius 1 is 1.23 bits per heavy atom. The van der Waals surface area contributed by atoms with Crippen molar-refractivity contribution in [2.45, 2.75) is 19.5 Å². The molecule has 0 fully saturated rings. The highest BCUT2D eigenvalue weighted by Crippen LogP contribution is 2.41. The Labute approximate surface area is 148 Å². The number of alkyl halides is 3. The van der Waals surface area contributed by atoms with Crippen molar-refractivity contribution in [3.05, 3.63) is 65.9 Å². The van der Waals surface area contributed by atoms with Gasteiger partial charge in [0.15, 0.2) is 0 Å². The Kier molecular flexibility index (Phi) is 5.02. The molecule has 0 unspecified atom stereocenters. The van der Waals surface area contributed by atoms with Crippen LogP contribution in [0.1, 0.15) is 18.9 Å². The van der Waals surface area contributed by atoms with Crippen LogP contribution in [0.2, 0.25) is 0 Å². The van der Waals surface area contributed by atoms with Gasteiger partial charge >= 0.3 is 12.1 Å². The van der Waals surface area contributed by atoms with Crippen molar-refractivity contribution in [3.63, 3.8) is 0 Å². The van der Waals surface area contributed by atoms with Crippen molar-refractivity contribution in [3.8, 4) is 0 Å². The van der Waals surface area contributed by atoms with Crippen LogP contribution in [-0.4, -0.2) is 18.8 Å². The van der Waals surface area contributed by atoms with Crippen molar-refractivity contribution in [2.75, 3.05) is 6.61 Å². The van der Waals surface area contributed by atoms with E-state index < -0.39 is 24.5 Å². The first-order valence-corrected chi connectivity index (χ1v) is 8.20. The largest absolute Gasteiger partial charge is 0.463 e. The number of carbonyl (C=O) groups is 1. The van der Waals surface area contributed by atoms with Crippen LogP contribution in [0, 0.1) is 5.92 Å². The fourth-order valence-corrected chi connectivity index (χ4v) is 2.87. The quantitative estimate of drug-likeness (QED) is 0.554. The lowest BCUT2D eigenvalue weighted by Gasteiger charge is -2.26. The van der Waals surface area contributed by atoms with Gasteiger partial charge < -0.3 is 9.47 Å². The van der Waals surface area contributed by atoms with Crippen LogP contribution in [-0.2, 0) is 14.3 Å². The topological polar surface area (TPSA) is 35.5 Å². The highest BCUT2D eigenvalue weighted by molar-refractivity contribution is 5.93. The van der Waals surface area contributed by atoms with Crippen LogP contribution in [0.15, 0.2) is 60.4 Å². The molecule has 1 aliphatic heterocycles. The van der Waals surface area contributed by atoms with Crippen LogP contribution in [0.3, 0.4) is 0 Å². The predicted molar refractivity (Wildman–Crippen MR) is 91.9 cm³/mol. The van der Waals surface area contributed by atoms with E-state index >= 15 is 0 Å². The molecule has 0 saturated carbocycles. The van der Waals surface area contributed by atoms with Crippen LogP contribution >= 0.6 is 0 Å².